The summed E-state index contributed by atoms with van der Waals surface area (Å²) in [7, 11) is 1.42. The lowest BCUT2D eigenvalue weighted by molar-refractivity contribution is -0.144. The third-order valence-electron chi connectivity index (χ3n) is 3.22. The van der Waals surface area contributed by atoms with Crippen LogP contribution in [0.4, 0.5) is 0 Å². The largest absolute Gasteiger partial charge is 0.469 e. The van der Waals surface area contributed by atoms with Gasteiger partial charge in [-0.1, -0.05) is 38.1 Å². The predicted octanol–water partition coefficient (Wildman–Crippen LogP) is 2.71. The highest BCUT2D eigenvalue weighted by molar-refractivity contribution is 5.72. The average molecular weight is 249 g/mol. The predicted molar refractivity (Wildman–Crippen MR) is 73.4 cm³/mol. The fraction of sp³-hybridized carbons (Fsp3) is 0.533. The highest BCUT2D eigenvalue weighted by Crippen LogP contribution is 2.14. The molecule has 0 aliphatic carbocycles. The molecule has 0 radical (unpaired) electrons. The summed E-state index contributed by atoms with van der Waals surface area (Å²) in [6.45, 7) is 6.74. The van der Waals surface area contributed by atoms with Gasteiger partial charge >= 0.3 is 5.97 Å². The number of aryl methyl sites for hydroxylation is 1. The first-order valence-corrected chi connectivity index (χ1v) is 6.48. The van der Waals surface area contributed by atoms with Crippen molar-refractivity contribution in [3.8, 4) is 0 Å². The first kappa shape index (κ1) is 14.7. The summed E-state index contributed by atoms with van der Waals surface area (Å²) in [5.74, 6) is -0.289. The van der Waals surface area contributed by atoms with E-state index < -0.39 is 0 Å². The van der Waals surface area contributed by atoms with Crippen LogP contribution in [0, 0.1) is 5.92 Å². The summed E-state index contributed by atoms with van der Waals surface area (Å²) < 4.78 is 4.70. The zero-order valence-electron chi connectivity index (χ0n) is 11.7. The molecule has 0 heterocycles. The number of hydrogen-bond donors (Lipinski definition) is 1. The van der Waals surface area contributed by atoms with Crippen LogP contribution in [0.1, 0.15) is 37.9 Å². The molecule has 0 saturated heterocycles. The SMILES string of the molecule is CCc1ccc(C(C)NCC(C)C(=O)OC)cc1. The van der Waals surface area contributed by atoms with Gasteiger partial charge in [0.2, 0.25) is 0 Å². The van der Waals surface area contributed by atoms with Crippen molar-refractivity contribution in [2.75, 3.05) is 13.7 Å². The van der Waals surface area contributed by atoms with Crippen molar-refractivity contribution in [2.24, 2.45) is 5.92 Å². The van der Waals surface area contributed by atoms with E-state index in [1.807, 2.05) is 6.92 Å². The summed E-state index contributed by atoms with van der Waals surface area (Å²) >= 11 is 0. The number of ether oxygens (including phenoxy) is 1. The molecule has 1 N–H and O–H groups in total. The topological polar surface area (TPSA) is 38.3 Å². The molecule has 0 spiro atoms. The van der Waals surface area contributed by atoms with Gasteiger partial charge in [0.25, 0.3) is 0 Å². The van der Waals surface area contributed by atoms with E-state index in [0.717, 1.165) is 6.42 Å². The van der Waals surface area contributed by atoms with Gasteiger partial charge in [-0.25, -0.2) is 0 Å². The van der Waals surface area contributed by atoms with E-state index in [1.54, 1.807) is 0 Å². The molecule has 100 valence electrons. The summed E-state index contributed by atoms with van der Waals surface area (Å²) in [5, 5.41) is 3.35. The molecule has 1 aromatic carbocycles. The van der Waals surface area contributed by atoms with Crippen molar-refractivity contribution in [1.29, 1.82) is 0 Å². The molecule has 0 amide bonds. The van der Waals surface area contributed by atoms with Crippen LogP contribution in [-0.2, 0) is 16.0 Å². The van der Waals surface area contributed by atoms with E-state index in [4.69, 9.17) is 4.74 Å². The number of nitrogens with one attached hydrogen (secondary N) is 1. The van der Waals surface area contributed by atoms with Crippen LogP contribution in [0.5, 0.6) is 0 Å². The van der Waals surface area contributed by atoms with Gasteiger partial charge in [0.05, 0.1) is 13.0 Å². The van der Waals surface area contributed by atoms with E-state index in [9.17, 15) is 4.79 Å². The maximum atomic E-state index is 11.3. The smallest absolute Gasteiger partial charge is 0.309 e. The van der Waals surface area contributed by atoms with Crippen molar-refractivity contribution < 1.29 is 9.53 Å². The summed E-state index contributed by atoms with van der Waals surface area (Å²) in [6, 6.07) is 8.82. The fourth-order valence-corrected chi connectivity index (χ4v) is 1.80. The first-order chi connectivity index (χ1) is 8.58. The lowest BCUT2D eigenvalue weighted by Gasteiger charge is -2.17. The van der Waals surface area contributed by atoms with E-state index in [2.05, 4.69) is 43.4 Å². The number of hydrogen-bond acceptors (Lipinski definition) is 3. The zero-order chi connectivity index (χ0) is 13.5. The van der Waals surface area contributed by atoms with E-state index in [1.165, 1.54) is 18.2 Å². The minimum atomic E-state index is -0.170. The van der Waals surface area contributed by atoms with Crippen molar-refractivity contribution in [1.82, 2.24) is 5.32 Å². The number of rotatable bonds is 6. The van der Waals surface area contributed by atoms with Gasteiger partial charge in [0.15, 0.2) is 0 Å². The van der Waals surface area contributed by atoms with Crippen molar-refractivity contribution in [2.45, 2.75) is 33.2 Å². The Morgan fingerprint density at radius 3 is 2.39 bits per heavy atom. The maximum absolute atomic E-state index is 11.3. The Morgan fingerprint density at radius 2 is 1.89 bits per heavy atom. The van der Waals surface area contributed by atoms with Gasteiger partial charge in [-0.2, -0.15) is 0 Å². The Kier molecular flexibility index (Phi) is 5.86. The number of methoxy groups -OCH3 is 1. The molecular formula is C15H23NO2. The molecule has 2 atom stereocenters. The van der Waals surface area contributed by atoms with E-state index >= 15 is 0 Å². The second-order valence-electron chi connectivity index (χ2n) is 4.65. The Balaban J connectivity index is 2.49. The van der Waals surface area contributed by atoms with Crippen LogP contribution in [0.25, 0.3) is 0 Å². The Labute approximate surface area is 110 Å². The average Bonchev–Trinajstić information content (AvgIpc) is 2.43. The maximum Gasteiger partial charge on any atom is 0.309 e. The van der Waals surface area contributed by atoms with Gasteiger partial charge in [-0.05, 0) is 24.5 Å². The van der Waals surface area contributed by atoms with Gasteiger partial charge < -0.3 is 10.1 Å². The van der Waals surface area contributed by atoms with Crippen LogP contribution in [0.15, 0.2) is 24.3 Å². The summed E-state index contributed by atoms with van der Waals surface area (Å²) in [4.78, 5) is 11.3. The molecule has 0 aromatic heterocycles. The number of carbonyl (C=O) groups is 1. The first-order valence-electron chi connectivity index (χ1n) is 6.48. The quantitative estimate of drug-likeness (QED) is 0.788. The number of esters is 1. The van der Waals surface area contributed by atoms with Gasteiger partial charge in [0.1, 0.15) is 0 Å². The molecule has 3 heteroatoms. The normalized spacial score (nSPS) is 14.0. The van der Waals surface area contributed by atoms with Gasteiger partial charge in [-0.15, -0.1) is 0 Å². The highest BCUT2D eigenvalue weighted by atomic mass is 16.5. The monoisotopic (exact) mass is 249 g/mol. The van der Waals surface area contributed by atoms with Gasteiger partial charge in [-0.3, -0.25) is 4.79 Å². The van der Waals surface area contributed by atoms with Gasteiger partial charge in [0, 0.05) is 12.6 Å². The van der Waals surface area contributed by atoms with Crippen LogP contribution in [0.2, 0.25) is 0 Å². The number of benzene rings is 1. The van der Waals surface area contributed by atoms with E-state index in [-0.39, 0.29) is 17.9 Å². The van der Waals surface area contributed by atoms with Crippen LogP contribution in [0.3, 0.4) is 0 Å². The van der Waals surface area contributed by atoms with Crippen LogP contribution >= 0.6 is 0 Å². The minimum absolute atomic E-state index is 0.118. The lowest BCUT2D eigenvalue weighted by Crippen LogP contribution is -2.29. The molecule has 1 aromatic rings. The molecule has 0 bridgehead atoms. The highest BCUT2D eigenvalue weighted by Gasteiger charge is 2.14. The third-order valence-corrected chi connectivity index (χ3v) is 3.22. The van der Waals surface area contributed by atoms with Crippen LogP contribution in [-0.4, -0.2) is 19.6 Å². The molecule has 18 heavy (non-hydrogen) atoms. The second-order valence-corrected chi connectivity index (χ2v) is 4.65. The van der Waals surface area contributed by atoms with Crippen molar-refractivity contribution in [3.63, 3.8) is 0 Å². The molecule has 3 nitrogen and oxygen atoms in total. The molecule has 0 fully saturated rings. The Morgan fingerprint density at radius 1 is 1.28 bits per heavy atom. The Hall–Kier alpha value is -1.35. The molecule has 0 aliphatic heterocycles. The van der Waals surface area contributed by atoms with Crippen LogP contribution < -0.4 is 5.32 Å². The molecule has 0 saturated carbocycles. The standard InChI is InChI=1S/C15H23NO2/c1-5-13-6-8-14(9-7-13)12(3)16-10-11(2)15(17)18-4/h6-9,11-12,16H,5,10H2,1-4H3. The Bertz CT molecular complexity index is 373. The molecule has 0 aliphatic rings. The second kappa shape index (κ2) is 7.17. The molecule has 1 rings (SSSR count). The van der Waals surface area contributed by atoms with Crippen molar-refractivity contribution >= 4 is 5.97 Å². The third kappa shape index (κ3) is 4.15. The van der Waals surface area contributed by atoms with Crippen molar-refractivity contribution in [3.05, 3.63) is 35.4 Å². The van der Waals surface area contributed by atoms with E-state index in [0.29, 0.717) is 6.54 Å². The lowest BCUT2D eigenvalue weighted by atomic mass is 10.0. The summed E-state index contributed by atoms with van der Waals surface area (Å²) in [6.07, 6.45) is 1.06. The fourth-order valence-electron chi connectivity index (χ4n) is 1.80. The molecular weight excluding hydrogens is 226 g/mol. The summed E-state index contributed by atoms with van der Waals surface area (Å²) in [5.41, 5.74) is 2.58. The zero-order valence-corrected chi connectivity index (χ0v) is 11.7. The molecule has 2 unspecified atom stereocenters. The minimum Gasteiger partial charge on any atom is -0.469 e. The number of carbonyl (C=O) groups excluding carboxylic acids is 1.